The number of carbonyl (C=O) groups excluding carboxylic acids is 1. The number of carbonyl (C=O) groups is 1. The van der Waals surface area contributed by atoms with Crippen LogP contribution in [0.25, 0.3) is 10.9 Å². The van der Waals surface area contributed by atoms with Crippen molar-refractivity contribution in [2.75, 3.05) is 6.54 Å². The molecule has 394 valence electrons. The number of nitrogens with one attached hydrogen (secondary N) is 1. The van der Waals surface area contributed by atoms with Gasteiger partial charge < -0.3 is 34.2 Å². The van der Waals surface area contributed by atoms with Gasteiger partial charge in [-0.2, -0.15) is 26.3 Å². The topological polar surface area (TPSA) is 158 Å². The lowest BCUT2D eigenvalue weighted by Gasteiger charge is -2.61. The highest BCUT2D eigenvalue weighted by molar-refractivity contribution is 5.90. The quantitative estimate of drug-likeness (QED) is 0.0927. The third kappa shape index (κ3) is 8.92. The van der Waals surface area contributed by atoms with Crippen molar-refractivity contribution in [3.05, 3.63) is 41.1 Å². The van der Waals surface area contributed by atoms with Crippen molar-refractivity contribution in [3.63, 3.8) is 0 Å². The zero-order valence-electron chi connectivity index (χ0n) is 41.3. The van der Waals surface area contributed by atoms with Crippen molar-refractivity contribution >= 4 is 22.6 Å². The highest BCUT2D eigenvalue weighted by Gasteiger charge is 2.71. The monoisotopic (exact) mass is 1010 g/mol. The summed E-state index contributed by atoms with van der Waals surface area (Å²) < 4.78 is 106. The molecule has 4 bridgehead atoms. The molecule has 9 aliphatic heterocycles. The SMILES string of the molecule is CC(=O)O/N=C(/C[C@H]1O[C@@H]2OC3(C)CC[C@H]4[C@H](C)CC[C@@H]([C@H]1C)[C@@]24OO3)[C@H]1O[C@@H]2OC3(C)CC[C@H]4[C@H](C)CC[C@@H]([C@H]1C)[C@@]24OO3.O[C@@H](c1cc(C(F)(F)F)nc2c(C(F)(F)F)cccc12)[C@H]1CCCCN1. The molecule has 0 radical (unpaired) electrons. The Morgan fingerprint density at radius 1 is 0.803 bits per heavy atom. The number of hydrogen-bond donors (Lipinski definition) is 2. The standard InChI is InChI=1S/C34H51NO10.C17H16F6N2O/c1-17-8-10-24-19(3)27(37-29-33(24)22(17)12-14-31(6,39-29)42-44-33)16-26(35-41-21(5)36)28-20(4)25-11-9-18(2)23-13-15-32(7)40-30(38-28)34(23,25)45-43-32;18-16(19,20)11-5-3-4-9-10(15(26)12-6-1-2-7-24-12)8-13(17(21,22)23)25-14(9)11/h17-20,22-25,27-30H,8-16H2,1-7H3;3-5,8,12,15,24,26H,1-2,6-7H2/b35-26-;/t17-,18-,19-,20-,22+,23+,24+,25+,27-,28+,29-,30-,31?,32?,33-,34-;12-,15+/m11/s1. The average Bonchev–Trinajstić information content (AvgIpc) is 3.70. The molecule has 2 N–H and O–H groups in total. The first-order valence-corrected chi connectivity index (χ1v) is 25.6. The molecule has 2 aliphatic carbocycles. The second-order valence-electron chi connectivity index (χ2n) is 22.4. The summed E-state index contributed by atoms with van der Waals surface area (Å²) in [5.74, 6) is -0.299. The Labute approximate surface area is 409 Å². The highest BCUT2D eigenvalue weighted by Crippen LogP contribution is 2.63. The van der Waals surface area contributed by atoms with Gasteiger partial charge in [-0.05, 0) is 125 Å². The van der Waals surface area contributed by atoms with Crippen molar-refractivity contribution in [1.82, 2.24) is 10.3 Å². The largest absolute Gasteiger partial charge is 0.433 e. The van der Waals surface area contributed by atoms with Gasteiger partial charge in [-0.1, -0.05) is 51.4 Å². The van der Waals surface area contributed by atoms with Crippen molar-refractivity contribution in [3.8, 4) is 0 Å². The van der Waals surface area contributed by atoms with E-state index in [0.29, 0.717) is 49.1 Å². The molecule has 11 aliphatic rings. The molecule has 2 saturated carbocycles. The molecular formula is C51H67F6N3O11. The van der Waals surface area contributed by atoms with E-state index in [9.17, 15) is 36.2 Å². The summed E-state index contributed by atoms with van der Waals surface area (Å²) in [6, 6.07) is 3.16. The summed E-state index contributed by atoms with van der Waals surface area (Å²) in [5.41, 5.74) is -4.41. The summed E-state index contributed by atoms with van der Waals surface area (Å²) in [7, 11) is 0. The number of aliphatic hydroxyl groups excluding tert-OH is 1. The fraction of sp³-hybridized carbons (Fsp3) is 0.784. The number of fused-ring (bicyclic) bond motifs is 5. The van der Waals surface area contributed by atoms with Gasteiger partial charge in [-0.25, -0.2) is 29.3 Å². The number of nitrogens with zero attached hydrogens (tertiary/aromatic N) is 2. The van der Waals surface area contributed by atoms with Gasteiger partial charge in [0.25, 0.3) is 0 Å². The number of halogens is 6. The molecular weight excluding hydrogens is 945 g/mol. The summed E-state index contributed by atoms with van der Waals surface area (Å²) in [5, 5.41) is 18.0. The van der Waals surface area contributed by atoms with E-state index in [1.807, 2.05) is 13.8 Å². The normalized spacial score (nSPS) is 43.5. The molecule has 71 heavy (non-hydrogen) atoms. The lowest BCUT2D eigenvalue weighted by molar-refractivity contribution is -0.571. The van der Waals surface area contributed by atoms with Gasteiger partial charge in [-0.3, -0.25) is 0 Å². The predicted octanol–water partition coefficient (Wildman–Crippen LogP) is 10.2. The van der Waals surface area contributed by atoms with E-state index in [2.05, 4.69) is 43.2 Å². The second-order valence-corrected chi connectivity index (χ2v) is 22.4. The Kier molecular flexibility index (Phi) is 13.5. The van der Waals surface area contributed by atoms with Gasteiger partial charge >= 0.3 is 18.3 Å². The Bertz CT molecular complexity index is 2350. The van der Waals surface area contributed by atoms with Crippen LogP contribution in [0.3, 0.4) is 0 Å². The molecule has 2 spiro atoms. The van der Waals surface area contributed by atoms with Crippen LogP contribution < -0.4 is 5.32 Å². The fourth-order valence-electron chi connectivity index (χ4n) is 14.3. The van der Waals surface area contributed by atoms with E-state index in [0.717, 1.165) is 70.3 Å². The Morgan fingerprint density at radius 3 is 1.97 bits per heavy atom. The predicted molar refractivity (Wildman–Crippen MR) is 240 cm³/mol. The van der Waals surface area contributed by atoms with Gasteiger partial charge in [0, 0.05) is 49.5 Å². The number of rotatable bonds is 6. The number of oxime groups is 1. The van der Waals surface area contributed by atoms with E-state index in [-0.39, 0.29) is 52.6 Å². The van der Waals surface area contributed by atoms with Crippen LogP contribution in [-0.2, 0) is 60.5 Å². The number of hydrogen-bond acceptors (Lipinski definition) is 14. The number of pyridine rings is 1. The maximum Gasteiger partial charge on any atom is 0.433 e. The minimum Gasteiger partial charge on any atom is -0.387 e. The molecule has 20 heteroatoms. The first-order valence-electron chi connectivity index (χ1n) is 25.6. The van der Waals surface area contributed by atoms with Crippen LogP contribution in [0, 0.1) is 47.3 Å². The van der Waals surface area contributed by atoms with E-state index in [1.54, 1.807) is 0 Å². The maximum atomic E-state index is 13.2. The van der Waals surface area contributed by atoms with E-state index in [4.69, 9.17) is 43.3 Å². The van der Waals surface area contributed by atoms with Crippen molar-refractivity contribution < 1.29 is 79.6 Å². The van der Waals surface area contributed by atoms with Gasteiger partial charge in [0.2, 0.25) is 11.6 Å². The minimum atomic E-state index is -4.93. The molecule has 1 aromatic heterocycles. The van der Waals surface area contributed by atoms with Crippen LogP contribution in [0.1, 0.15) is 148 Å². The third-order valence-electron chi connectivity index (χ3n) is 18.0. The van der Waals surface area contributed by atoms with Gasteiger partial charge in [0.05, 0.1) is 29.0 Å². The molecule has 18 atom stereocenters. The number of benzene rings is 1. The number of aliphatic hydroxyl groups is 1. The average molecular weight is 1010 g/mol. The lowest BCUT2D eigenvalue weighted by Crippen LogP contribution is -2.71. The molecule has 14 nitrogen and oxygen atoms in total. The molecule has 1 aromatic carbocycles. The van der Waals surface area contributed by atoms with Gasteiger partial charge in [0.15, 0.2) is 23.8 Å². The van der Waals surface area contributed by atoms with Crippen molar-refractivity contribution in [2.45, 2.75) is 198 Å². The van der Waals surface area contributed by atoms with E-state index < -0.39 is 88.7 Å². The second kappa shape index (κ2) is 18.7. The molecule has 11 fully saturated rings. The lowest BCUT2D eigenvalue weighted by atomic mass is 9.56. The first kappa shape index (κ1) is 51.4. The van der Waals surface area contributed by atoms with Gasteiger partial charge in [-0.15, -0.1) is 0 Å². The van der Waals surface area contributed by atoms with Crippen LogP contribution in [0.5, 0.6) is 0 Å². The Morgan fingerprint density at radius 2 is 1.41 bits per heavy atom. The molecule has 2 unspecified atom stereocenters. The van der Waals surface area contributed by atoms with Crippen LogP contribution in [0.2, 0.25) is 0 Å². The van der Waals surface area contributed by atoms with E-state index in [1.165, 1.54) is 13.0 Å². The summed E-state index contributed by atoms with van der Waals surface area (Å²) in [6.07, 6.45) is -2.84. The molecule has 13 rings (SSSR count). The van der Waals surface area contributed by atoms with E-state index >= 15 is 0 Å². The number of ether oxygens (including phenoxy) is 4. The van der Waals surface area contributed by atoms with Crippen LogP contribution in [0.15, 0.2) is 29.4 Å². The first-order chi connectivity index (χ1) is 33.5. The third-order valence-corrected chi connectivity index (χ3v) is 18.0. The van der Waals surface area contributed by atoms with Crippen LogP contribution in [0.4, 0.5) is 26.3 Å². The molecule has 10 heterocycles. The summed E-state index contributed by atoms with van der Waals surface area (Å²) in [6.45, 7) is 14.9. The van der Waals surface area contributed by atoms with Crippen molar-refractivity contribution in [1.29, 1.82) is 0 Å². The smallest absolute Gasteiger partial charge is 0.387 e. The van der Waals surface area contributed by atoms with Crippen LogP contribution >= 0.6 is 0 Å². The molecule has 0 amide bonds. The fourth-order valence-corrected chi connectivity index (χ4v) is 14.3. The Balaban J connectivity index is 0.000000191. The zero-order valence-corrected chi connectivity index (χ0v) is 41.3. The number of alkyl halides is 6. The van der Waals surface area contributed by atoms with Crippen molar-refractivity contribution in [2.24, 2.45) is 52.5 Å². The molecule has 9 saturated heterocycles. The van der Waals surface area contributed by atoms with Crippen LogP contribution in [-0.4, -0.2) is 81.9 Å². The zero-order chi connectivity index (χ0) is 50.6. The molecule has 2 aromatic rings. The summed E-state index contributed by atoms with van der Waals surface area (Å²) in [4.78, 5) is 45.5. The summed E-state index contributed by atoms with van der Waals surface area (Å²) >= 11 is 0. The minimum absolute atomic E-state index is 0.00570. The number of aromatic nitrogens is 1. The van der Waals surface area contributed by atoms with Gasteiger partial charge in [0.1, 0.15) is 11.8 Å². The number of piperidine rings is 1. The Hall–Kier alpha value is -3.05. The highest BCUT2D eigenvalue weighted by atomic mass is 19.4. The number of para-hydroxylation sites is 1. The maximum absolute atomic E-state index is 13.2.